The molecule has 0 aromatic heterocycles. The smallest absolute Gasteiger partial charge is 0.282 e. The van der Waals surface area contributed by atoms with E-state index in [1.807, 2.05) is 6.92 Å². The lowest BCUT2D eigenvalue weighted by molar-refractivity contribution is -0.385. The highest BCUT2D eigenvalue weighted by Gasteiger charge is 2.19. The SMILES string of the molecule is C=C(C)COCCNC(=O)c1cc(Cl)ccc1[N+](=O)[O-]. The van der Waals surface area contributed by atoms with E-state index < -0.39 is 10.8 Å². The Labute approximate surface area is 121 Å². The number of halogens is 1. The highest BCUT2D eigenvalue weighted by Crippen LogP contribution is 2.22. The number of hydrogen-bond donors (Lipinski definition) is 1. The molecule has 6 nitrogen and oxygen atoms in total. The molecule has 1 amide bonds. The second-order valence-electron chi connectivity index (χ2n) is 4.18. The minimum absolute atomic E-state index is 0.0672. The number of benzene rings is 1. The summed E-state index contributed by atoms with van der Waals surface area (Å²) in [6.45, 7) is 6.46. The van der Waals surface area contributed by atoms with E-state index in [0.29, 0.717) is 13.2 Å². The number of amides is 1. The summed E-state index contributed by atoms with van der Waals surface area (Å²) in [6.07, 6.45) is 0. The van der Waals surface area contributed by atoms with Crippen LogP contribution in [0.25, 0.3) is 0 Å². The molecule has 20 heavy (non-hydrogen) atoms. The molecular weight excluding hydrogens is 284 g/mol. The zero-order valence-electron chi connectivity index (χ0n) is 11.0. The first-order valence-corrected chi connectivity index (χ1v) is 6.24. The second-order valence-corrected chi connectivity index (χ2v) is 4.62. The molecule has 0 saturated heterocycles. The van der Waals surface area contributed by atoms with Crippen molar-refractivity contribution in [3.8, 4) is 0 Å². The van der Waals surface area contributed by atoms with Crippen molar-refractivity contribution in [2.75, 3.05) is 19.8 Å². The topological polar surface area (TPSA) is 81.5 Å². The first-order valence-electron chi connectivity index (χ1n) is 5.86. The summed E-state index contributed by atoms with van der Waals surface area (Å²) in [6, 6.07) is 3.84. The number of carbonyl (C=O) groups excluding carboxylic acids is 1. The van der Waals surface area contributed by atoms with Crippen LogP contribution in [-0.2, 0) is 4.74 Å². The average molecular weight is 299 g/mol. The standard InChI is InChI=1S/C13H15ClN2O4/c1-9(2)8-20-6-5-15-13(17)11-7-10(14)3-4-12(11)16(18)19/h3-4,7H,1,5-6,8H2,2H3,(H,15,17). The lowest BCUT2D eigenvalue weighted by atomic mass is 10.1. The number of hydrogen-bond acceptors (Lipinski definition) is 4. The normalized spacial score (nSPS) is 10.1. The molecule has 0 spiro atoms. The average Bonchev–Trinajstić information content (AvgIpc) is 2.37. The first-order chi connectivity index (χ1) is 9.41. The fourth-order valence-corrected chi connectivity index (χ4v) is 1.60. The molecule has 1 rings (SSSR count). The third-order valence-corrected chi connectivity index (χ3v) is 2.52. The third-order valence-electron chi connectivity index (χ3n) is 2.28. The lowest BCUT2D eigenvalue weighted by Crippen LogP contribution is -2.28. The highest BCUT2D eigenvalue weighted by atomic mass is 35.5. The summed E-state index contributed by atoms with van der Waals surface area (Å²) in [5.41, 5.74) is 0.527. The largest absolute Gasteiger partial charge is 0.375 e. The van der Waals surface area contributed by atoms with Gasteiger partial charge in [0.05, 0.1) is 18.1 Å². The van der Waals surface area contributed by atoms with E-state index >= 15 is 0 Å². The van der Waals surface area contributed by atoms with Crippen LogP contribution in [-0.4, -0.2) is 30.6 Å². The third kappa shape index (κ3) is 4.99. The molecule has 0 unspecified atom stereocenters. The van der Waals surface area contributed by atoms with Crippen molar-refractivity contribution in [1.29, 1.82) is 0 Å². The fraction of sp³-hybridized carbons (Fsp3) is 0.308. The van der Waals surface area contributed by atoms with Gasteiger partial charge in [0.25, 0.3) is 11.6 Å². The maximum Gasteiger partial charge on any atom is 0.282 e. The number of nitrogens with one attached hydrogen (secondary N) is 1. The van der Waals surface area contributed by atoms with Crippen LogP contribution in [0.5, 0.6) is 0 Å². The van der Waals surface area contributed by atoms with Crippen molar-refractivity contribution in [3.05, 3.63) is 51.1 Å². The molecule has 0 aliphatic heterocycles. The Morgan fingerprint density at radius 1 is 1.55 bits per heavy atom. The van der Waals surface area contributed by atoms with Crippen LogP contribution >= 0.6 is 11.6 Å². The second kappa shape index (κ2) is 7.62. The van der Waals surface area contributed by atoms with Gasteiger partial charge in [-0.25, -0.2) is 0 Å². The van der Waals surface area contributed by atoms with Crippen molar-refractivity contribution in [2.24, 2.45) is 0 Å². The fourth-order valence-electron chi connectivity index (χ4n) is 1.43. The van der Waals surface area contributed by atoms with E-state index in [1.54, 1.807) is 0 Å². The van der Waals surface area contributed by atoms with Crippen LogP contribution in [0, 0.1) is 10.1 Å². The zero-order valence-corrected chi connectivity index (χ0v) is 11.8. The van der Waals surface area contributed by atoms with Crippen molar-refractivity contribution in [2.45, 2.75) is 6.92 Å². The Morgan fingerprint density at radius 3 is 2.85 bits per heavy atom. The Kier molecular flexibility index (Phi) is 6.14. The van der Waals surface area contributed by atoms with E-state index in [1.165, 1.54) is 18.2 Å². The van der Waals surface area contributed by atoms with Gasteiger partial charge in [0.15, 0.2) is 0 Å². The van der Waals surface area contributed by atoms with Crippen LogP contribution < -0.4 is 5.32 Å². The van der Waals surface area contributed by atoms with Gasteiger partial charge in [0.2, 0.25) is 0 Å². The van der Waals surface area contributed by atoms with Crippen LogP contribution in [0.15, 0.2) is 30.4 Å². The molecule has 108 valence electrons. The minimum Gasteiger partial charge on any atom is -0.375 e. The molecule has 0 aliphatic carbocycles. The molecule has 0 fully saturated rings. The van der Waals surface area contributed by atoms with Gasteiger partial charge in [-0.05, 0) is 19.1 Å². The van der Waals surface area contributed by atoms with Gasteiger partial charge in [0.1, 0.15) is 5.56 Å². The van der Waals surface area contributed by atoms with Crippen molar-refractivity contribution >= 4 is 23.2 Å². The first kappa shape index (κ1) is 16.1. The summed E-state index contributed by atoms with van der Waals surface area (Å²) < 4.78 is 5.21. The molecule has 7 heteroatoms. The lowest BCUT2D eigenvalue weighted by Gasteiger charge is -2.07. The molecule has 1 aromatic rings. The monoisotopic (exact) mass is 298 g/mol. The van der Waals surface area contributed by atoms with Gasteiger partial charge >= 0.3 is 0 Å². The van der Waals surface area contributed by atoms with E-state index in [9.17, 15) is 14.9 Å². The Hall–Kier alpha value is -1.92. The van der Waals surface area contributed by atoms with Crippen molar-refractivity contribution < 1.29 is 14.5 Å². The van der Waals surface area contributed by atoms with Crippen LogP contribution in [0.4, 0.5) is 5.69 Å². The highest BCUT2D eigenvalue weighted by molar-refractivity contribution is 6.31. The van der Waals surface area contributed by atoms with Gasteiger partial charge in [-0.3, -0.25) is 14.9 Å². The molecular formula is C13H15ClN2O4. The molecule has 0 bridgehead atoms. The summed E-state index contributed by atoms with van der Waals surface area (Å²) in [5.74, 6) is -0.557. The molecule has 0 atom stereocenters. The number of carbonyl (C=O) groups is 1. The van der Waals surface area contributed by atoms with Gasteiger partial charge in [-0.15, -0.1) is 0 Å². The molecule has 0 aliphatic rings. The minimum atomic E-state index is -0.622. The zero-order chi connectivity index (χ0) is 15.1. The predicted octanol–water partition coefficient (Wildman–Crippen LogP) is 2.57. The van der Waals surface area contributed by atoms with Gasteiger partial charge < -0.3 is 10.1 Å². The molecule has 1 N–H and O–H groups in total. The number of ether oxygens (including phenoxy) is 1. The number of nitro groups is 1. The molecule has 0 heterocycles. The summed E-state index contributed by atoms with van der Waals surface area (Å²) >= 11 is 5.75. The maximum absolute atomic E-state index is 11.9. The van der Waals surface area contributed by atoms with Crippen LogP contribution in [0.1, 0.15) is 17.3 Å². The van der Waals surface area contributed by atoms with E-state index in [0.717, 1.165) is 5.57 Å². The number of rotatable bonds is 7. The van der Waals surface area contributed by atoms with Crippen molar-refractivity contribution in [3.63, 3.8) is 0 Å². The van der Waals surface area contributed by atoms with E-state index in [-0.39, 0.29) is 22.8 Å². The maximum atomic E-state index is 11.9. The number of nitrogens with zero attached hydrogens (tertiary/aromatic N) is 1. The summed E-state index contributed by atoms with van der Waals surface area (Å²) in [4.78, 5) is 22.1. The van der Waals surface area contributed by atoms with E-state index in [2.05, 4.69) is 11.9 Å². The molecule has 1 aromatic carbocycles. The Morgan fingerprint density at radius 2 is 2.25 bits per heavy atom. The van der Waals surface area contributed by atoms with Crippen LogP contribution in [0.3, 0.4) is 0 Å². The Balaban J connectivity index is 2.61. The summed E-state index contributed by atoms with van der Waals surface area (Å²) in [7, 11) is 0. The van der Waals surface area contributed by atoms with Gasteiger partial charge in [0, 0.05) is 17.6 Å². The summed E-state index contributed by atoms with van der Waals surface area (Å²) in [5, 5.41) is 13.6. The molecule has 0 saturated carbocycles. The molecule has 0 radical (unpaired) electrons. The van der Waals surface area contributed by atoms with Crippen LogP contribution in [0.2, 0.25) is 5.02 Å². The quantitative estimate of drug-likeness (QED) is 0.363. The van der Waals surface area contributed by atoms with Crippen molar-refractivity contribution in [1.82, 2.24) is 5.32 Å². The number of nitro benzene ring substituents is 1. The van der Waals surface area contributed by atoms with Gasteiger partial charge in [-0.1, -0.05) is 23.8 Å². The Bertz CT molecular complexity index is 531. The van der Waals surface area contributed by atoms with E-state index in [4.69, 9.17) is 16.3 Å². The van der Waals surface area contributed by atoms with Gasteiger partial charge in [-0.2, -0.15) is 0 Å². The predicted molar refractivity (Wildman–Crippen MR) is 76.1 cm³/mol.